The van der Waals surface area contributed by atoms with Gasteiger partial charge in [-0.1, -0.05) is 51.8 Å². The Morgan fingerprint density at radius 3 is 1.60 bits per heavy atom. The molecule has 0 atom stereocenters. The Kier molecular flexibility index (Phi) is 13.8. The molecule has 0 aliphatic carbocycles. The third-order valence-corrected chi connectivity index (χ3v) is 9.64. The lowest BCUT2D eigenvalue weighted by Crippen LogP contribution is -2.46. The van der Waals surface area contributed by atoms with Gasteiger partial charge in [0.25, 0.3) is 11.8 Å². The van der Waals surface area contributed by atoms with Crippen molar-refractivity contribution in [1.82, 2.24) is 19.6 Å². The molecule has 4 heterocycles. The predicted octanol–water partition coefficient (Wildman–Crippen LogP) is 7.83. The van der Waals surface area contributed by atoms with Crippen molar-refractivity contribution >= 4 is 23.2 Å². The van der Waals surface area contributed by atoms with Crippen LogP contribution in [0.3, 0.4) is 0 Å². The topological polar surface area (TPSA) is 59.1 Å². The van der Waals surface area contributed by atoms with E-state index >= 15 is 0 Å². The minimum Gasteiger partial charge on any atom is -0.355 e. The molecule has 2 aromatic carbocycles. The van der Waals surface area contributed by atoms with E-state index in [2.05, 4.69) is 48.0 Å². The highest BCUT2D eigenvalue weighted by Gasteiger charge is 2.31. The minimum atomic E-state index is 0. The minimum absolute atomic E-state index is 0. The SMILES string of the molecule is CC.CCC.Cc1ccc(Nc2cc(C(=O)N3CCC(N4CCCC4)CC3)ccc2C(=O)N2CCC(N3CCCC3)CC2)cc1.[HH]. The van der Waals surface area contributed by atoms with Crippen LogP contribution in [-0.4, -0.2) is 95.9 Å². The number of amides is 2. The van der Waals surface area contributed by atoms with E-state index < -0.39 is 0 Å². The van der Waals surface area contributed by atoms with Crippen LogP contribution in [0.25, 0.3) is 0 Å². The van der Waals surface area contributed by atoms with E-state index in [4.69, 9.17) is 0 Å². The molecule has 6 rings (SSSR count). The van der Waals surface area contributed by atoms with Gasteiger partial charge in [-0.15, -0.1) is 0 Å². The van der Waals surface area contributed by atoms with Crippen molar-refractivity contribution in [2.45, 2.75) is 104 Å². The summed E-state index contributed by atoms with van der Waals surface area (Å²) < 4.78 is 0. The smallest absolute Gasteiger partial charge is 0.255 e. The number of carbonyl (C=O) groups excluding carboxylic acids is 2. The lowest BCUT2D eigenvalue weighted by atomic mass is 10.00. The van der Waals surface area contributed by atoms with E-state index in [-0.39, 0.29) is 13.2 Å². The number of piperidine rings is 2. The fourth-order valence-electron chi connectivity index (χ4n) is 7.19. The maximum absolute atomic E-state index is 13.8. The highest BCUT2D eigenvalue weighted by Crippen LogP contribution is 2.29. The average molecular weight is 620 g/mol. The highest BCUT2D eigenvalue weighted by molar-refractivity contribution is 6.03. The van der Waals surface area contributed by atoms with Crippen molar-refractivity contribution < 1.29 is 11.0 Å². The molecule has 0 unspecified atom stereocenters. The van der Waals surface area contributed by atoms with Crippen LogP contribution in [0.5, 0.6) is 0 Å². The largest absolute Gasteiger partial charge is 0.355 e. The molecule has 0 saturated carbocycles. The van der Waals surface area contributed by atoms with Crippen LogP contribution in [0.4, 0.5) is 11.4 Å². The molecule has 4 saturated heterocycles. The molecule has 45 heavy (non-hydrogen) atoms. The molecule has 4 fully saturated rings. The number of likely N-dealkylation sites (tertiary alicyclic amines) is 4. The first-order chi connectivity index (χ1) is 22.0. The second kappa shape index (κ2) is 17.7. The van der Waals surface area contributed by atoms with Crippen LogP contribution in [0.2, 0.25) is 0 Å². The maximum Gasteiger partial charge on any atom is 0.255 e. The third-order valence-electron chi connectivity index (χ3n) is 9.64. The molecule has 2 aromatic rings. The van der Waals surface area contributed by atoms with Crippen molar-refractivity contribution in [1.29, 1.82) is 0 Å². The summed E-state index contributed by atoms with van der Waals surface area (Å²) in [7, 11) is 0. The van der Waals surface area contributed by atoms with Crippen LogP contribution >= 0.6 is 0 Å². The van der Waals surface area contributed by atoms with Crippen molar-refractivity contribution in [2.75, 3.05) is 57.7 Å². The van der Waals surface area contributed by atoms with Crippen LogP contribution in [-0.2, 0) is 0 Å². The Morgan fingerprint density at radius 2 is 1.13 bits per heavy atom. The lowest BCUT2D eigenvalue weighted by molar-refractivity contribution is 0.0633. The molecule has 0 spiro atoms. The molecular weight excluding hydrogens is 558 g/mol. The van der Waals surface area contributed by atoms with Crippen LogP contribution in [0.15, 0.2) is 42.5 Å². The summed E-state index contributed by atoms with van der Waals surface area (Å²) in [6.45, 7) is 18.3. The maximum atomic E-state index is 13.8. The van der Waals surface area contributed by atoms with Gasteiger partial charge in [0, 0.05) is 50.9 Å². The molecule has 250 valence electrons. The van der Waals surface area contributed by atoms with Crippen molar-refractivity contribution in [3.63, 3.8) is 0 Å². The van der Waals surface area contributed by atoms with E-state index in [1.807, 2.05) is 54.0 Å². The van der Waals surface area contributed by atoms with Gasteiger partial charge in [0.15, 0.2) is 0 Å². The summed E-state index contributed by atoms with van der Waals surface area (Å²) in [5.74, 6) is 0.122. The molecule has 1 N–H and O–H groups in total. The summed E-state index contributed by atoms with van der Waals surface area (Å²) in [6, 6.07) is 15.0. The molecule has 0 aromatic heterocycles. The number of benzene rings is 2. The van der Waals surface area contributed by atoms with Crippen LogP contribution < -0.4 is 5.32 Å². The third kappa shape index (κ3) is 9.32. The van der Waals surface area contributed by atoms with E-state index in [1.54, 1.807) is 0 Å². The Labute approximate surface area is 274 Å². The number of nitrogens with one attached hydrogen (secondary N) is 1. The molecule has 4 aliphatic rings. The van der Waals surface area contributed by atoms with E-state index in [0.717, 1.165) is 57.5 Å². The van der Waals surface area contributed by atoms with Gasteiger partial charge in [-0.3, -0.25) is 9.59 Å². The fraction of sp³-hybridized carbons (Fsp3) is 0.632. The monoisotopic (exact) mass is 619 g/mol. The zero-order valence-electron chi connectivity index (χ0n) is 28.8. The lowest BCUT2D eigenvalue weighted by Gasteiger charge is -2.37. The number of anilines is 2. The zero-order valence-corrected chi connectivity index (χ0v) is 28.8. The molecule has 7 heteroatoms. The number of carbonyl (C=O) groups is 2. The van der Waals surface area contributed by atoms with Crippen LogP contribution in [0.1, 0.15) is 113 Å². The summed E-state index contributed by atoms with van der Waals surface area (Å²) in [5.41, 5.74) is 4.11. The molecule has 2 amide bonds. The normalized spacial score (nSPS) is 19.8. The summed E-state index contributed by atoms with van der Waals surface area (Å²) in [4.78, 5) is 36.6. The molecule has 0 bridgehead atoms. The van der Waals surface area contributed by atoms with E-state index in [0.29, 0.717) is 28.9 Å². The summed E-state index contributed by atoms with van der Waals surface area (Å²) in [6.07, 6.45) is 10.6. The average Bonchev–Trinajstić information content (AvgIpc) is 3.83. The Morgan fingerprint density at radius 1 is 0.689 bits per heavy atom. The van der Waals surface area contributed by atoms with Crippen molar-refractivity contribution in [2.24, 2.45) is 0 Å². The Bertz CT molecular complexity index is 1190. The first kappa shape index (κ1) is 35.0. The van der Waals surface area contributed by atoms with Gasteiger partial charge in [-0.2, -0.15) is 0 Å². The molecular formula is C38H61N5O2. The van der Waals surface area contributed by atoms with Gasteiger partial charge >= 0.3 is 0 Å². The summed E-state index contributed by atoms with van der Waals surface area (Å²) >= 11 is 0. The highest BCUT2D eigenvalue weighted by atomic mass is 16.2. The van der Waals surface area contributed by atoms with Gasteiger partial charge in [0.05, 0.1) is 11.3 Å². The number of hydrogen-bond donors (Lipinski definition) is 1. The second-order valence-corrected chi connectivity index (χ2v) is 13.0. The standard InChI is InChI=1S/C33H45N5O2.C3H8.C2H6.H2/c1-25-6-9-27(10-7-25)34-31-24-26(32(39)37-20-12-28(13-21-37)35-16-2-3-17-35)8-11-30(31)33(40)38-22-14-29(15-23-38)36-18-4-5-19-36;1-3-2;1-2;/h6-11,24,28-29,34H,2-5,12-23H2,1H3;3H2,1-2H3;1-2H3;1H. The molecule has 7 nitrogen and oxygen atoms in total. The number of aryl methyl sites for hydroxylation is 1. The quantitative estimate of drug-likeness (QED) is 0.357. The number of rotatable bonds is 6. The first-order valence-corrected chi connectivity index (χ1v) is 18.0. The number of hydrogen-bond acceptors (Lipinski definition) is 5. The van der Waals surface area contributed by atoms with Crippen LogP contribution in [0, 0.1) is 6.92 Å². The molecule has 0 radical (unpaired) electrons. The summed E-state index contributed by atoms with van der Waals surface area (Å²) in [5, 5.41) is 3.48. The Hall–Kier alpha value is -2.90. The predicted molar refractivity (Wildman–Crippen MR) is 190 cm³/mol. The van der Waals surface area contributed by atoms with Gasteiger partial charge in [-0.25, -0.2) is 0 Å². The van der Waals surface area contributed by atoms with E-state index in [9.17, 15) is 9.59 Å². The zero-order chi connectivity index (χ0) is 32.2. The first-order valence-electron chi connectivity index (χ1n) is 18.0. The second-order valence-electron chi connectivity index (χ2n) is 13.0. The van der Waals surface area contributed by atoms with Crippen molar-refractivity contribution in [3.8, 4) is 0 Å². The van der Waals surface area contributed by atoms with Crippen molar-refractivity contribution in [3.05, 3.63) is 59.2 Å². The fourth-order valence-corrected chi connectivity index (χ4v) is 7.19. The van der Waals surface area contributed by atoms with Gasteiger partial charge in [0.1, 0.15) is 0 Å². The van der Waals surface area contributed by atoms with Gasteiger partial charge in [-0.05, 0) is 115 Å². The van der Waals surface area contributed by atoms with Gasteiger partial charge < -0.3 is 24.9 Å². The Balaban J connectivity index is 0.000000908. The number of nitrogens with zero attached hydrogens (tertiary/aromatic N) is 4. The van der Waals surface area contributed by atoms with E-state index in [1.165, 1.54) is 63.8 Å². The molecule has 4 aliphatic heterocycles. The van der Waals surface area contributed by atoms with Gasteiger partial charge in [0.2, 0.25) is 0 Å².